The highest BCUT2D eigenvalue weighted by Crippen LogP contribution is 2.03. The summed E-state index contributed by atoms with van der Waals surface area (Å²) in [6, 6.07) is 4.75. The molecule has 0 aliphatic rings. The minimum Gasteiger partial charge on any atom is -0.392 e. The Kier molecular flexibility index (Phi) is 2.16. The van der Waals surface area contributed by atoms with Crippen molar-refractivity contribution in [3.8, 4) is 5.82 Å². The Labute approximate surface area is 79.6 Å². The predicted octanol–water partition coefficient (Wildman–Crippen LogP) is 0.0529. The average molecular weight is 191 g/mol. The molecule has 2 N–H and O–H groups in total. The maximum Gasteiger partial charge on any atom is 0.272 e. The molecule has 2 aromatic rings. The van der Waals surface area contributed by atoms with Gasteiger partial charge in [0.2, 0.25) is 0 Å². The second-order valence-electron chi connectivity index (χ2n) is 2.82. The Bertz CT molecular complexity index is 487. The van der Waals surface area contributed by atoms with Crippen LogP contribution >= 0.6 is 0 Å². The topological polar surface area (TPSA) is 70.9 Å². The Morgan fingerprint density at radius 2 is 2.36 bits per heavy atom. The zero-order valence-corrected chi connectivity index (χ0v) is 7.34. The van der Waals surface area contributed by atoms with Crippen molar-refractivity contribution >= 4 is 0 Å². The molecule has 0 aliphatic heterocycles. The van der Waals surface area contributed by atoms with Crippen molar-refractivity contribution in [2.24, 2.45) is 0 Å². The lowest BCUT2D eigenvalue weighted by Gasteiger charge is -2.01. The minimum absolute atomic E-state index is 0.0645. The van der Waals surface area contributed by atoms with E-state index in [1.807, 2.05) is 0 Å². The molecule has 14 heavy (non-hydrogen) atoms. The van der Waals surface area contributed by atoms with E-state index in [0.29, 0.717) is 5.82 Å². The predicted molar refractivity (Wildman–Crippen MR) is 50.1 cm³/mol. The van der Waals surface area contributed by atoms with E-state index in [1.165, 1.54) is 16.9 Å². The van der Waals surface area contributed by atoms with Gasteiger partial charge in [0.05, 0.1) is 6.61 Å². The van der Waals surface area contributed by atoms with E-state index >= 15 is 0 Å². The summed E-state index contributed by atoms with van der Waals surface area (Å²) in [5, 5.41) is 11.6. The summed E-state index contributed by atoms with van der Waals surface area (Å²) in [6.45, 7) is -0.0645. The Morgan fingerprint density at radius 3 is 3.00 bits per heavy atom. The fourth-order valence-corrected chi connectivity index (χ4v) is 1.18. The van der Waals surface area contributed by atoms with E-state index < -0.39 is 0 Å². The molecule has 2 rings (SSSR count). The van der Waals surface area contributed by atoms with Crippen LogP contribution in [0.4, 0.5) is 0 Å². The third-order valence-electron chi connectivity index (χ3n) is 1.87. The lowest BCUT2D eigenvalue weighted by molar-refractivity contribution is 0.281. The van der Waals surface area contributed by atoms with Gasteiger partial charge in [-0.1, -0.05) is 0 Å². The lowest BCUT2D eigenvalue weighted by Crippen LogP contribution is -2.14. The van der Waals surface area contributed by atoms with Gasteiger partial charge in [-0.15, -0.1) is 0 Å². The standard InChI is InChI=1S/C9H9N3O2/c13-6-7-1-3-10-8(5-7)12-9(14)2-4-11-12/h1-5,11,13H,6H2. The molecule has 0 amide bonds. The second kappa shape index (κ2) is 3.47. The highest BCUT2D eigenvalue weighted by atomic mass is 16.3. The first kappa shape index (κ1) is 8.71. The first-order chi connectivity index (χ1) is 6.81. The van der Waals surface area contributed by atoms with E-state index in [1.54, 1.807) is 18.3 Å². The molecule has 0 radical (unpaired) electrons. The number of aliphatic hydroxyl groups excluding tert-OH is 1. The molecular formula is C9H9N3O2. The summed E-state index contributed by atoms with van der Waals surface area (Å²) in [4.78, 5) is 15.3. The molecular weight excluding hydrogens is 182 g/mol. The fourth-order valence-electron chi connectivity index (χ4n) is 1.18. The molecule has 0 aliphatic carbocycles. The summed E-state index contributed by atoms with van der Waals surface area (Å²) in [5.41, 5.74) is 0.545. The van der Waals surface area contributed by atoms with Crippen molar-refractivity contribution in [1.29, 1.82) is 0 Å². The van der Waals surface area contributed by atoms with E-state index in [9.17, 15) is 4.79 Å². The number of aromatic amines is 1. The summed E-state index contributed by atoms with van der Waals surface area (Å²) in [7, 11) is 0. The van der Waals surface area contributed by atoms with Crippen LogP contribution < -0.4 is 5.56 Å². The minimum atomic E-state index is -0.174. The van der Waals surface area contributed by atoms with Crippen molar-refractivity contribution in [2.45, 2.75) is 6.61 Å². The number of rotatable bonds is 2. The lowest BCUT2D eigenvalue weighted by atomic mass is 10.3. The van der Waals surface area contributed by atoms with Crippen LogP contribution in [0.5, 0.6) is 0 Å². The van der Waals surface area contributed by atoms with Crippen LogP contribution in [-0.2, 0) is 6.61 Å². The molecule has 0 spiro atoms. The van der Waals surface area contributed by atoms with Crippen molar-refractivity contribution in [3.63, 3.8) is 0 Å². The first-order valence-electron chi connectivity index (χ1n) is 4.14. The van der Waals surface area contributed by atoms with Crippen LogP contribution in [0.1, 0.15) is 5.56 Å². The molecule has 2 heterocycles. The number of hydrogen-bond acceptors (Lipinski definition) is 3. The van der Waals surface area contributed by atoms with Gasteiger partial charge in [-0.2, -0.15) is 0 Å². The van der Waals surface area contributed by atoms with Crippen molar-refractivity contribution in [1.82, 2.24) is 14.8 Å². The molecule has 2 aromatic heterocycles. The monoisotopic (exact) mass is 191 g/mol. The van der Waals surface area contributed by atoms with Gasteiger partial charge in [-0.25, -0.2) is 9.67 Å². The number of nitrogens with one attached hydrogen (secondary N) is 1. The molecule has 0 bridgehead atoms. The molecule has 5 nitrogen and oxygen atoms in total. The van der Waals surface area contributed by atoms with Crippen molar-refractivity contribution in [2.75, 3.05) is 0 Å². The molecule has 0 atom stereocenters. The molecule has 0 saturated heterocycles. The quantitative estimate of drug-likeness (QED) is 0.704. The van der Waals surface area contributed by atoms with Gasteiger partial charge < -0.3 is 5.11 Å². The second-order valence-corrected chi connectivity index (χ2v) is 2.82. The molecule has 0 aromatic carbocycles. The first-order valence-corrected chi connectivity index (χ1v) is 4.14. The molecule has 0 fully saturated rings. The average Bonchev–Trinajstić information content (AvgIpc) is 2.65. The zero-order valence-electron chi connectivity index (χ0n) is 7.34. The Hall–Kier alpha value is -1.88. The molecule has 5 heteroatoms. The highest BCUT2D eigenvalue weighted by Gasteiger charge is 2.01. The van der Waals surface area contributed by atoms with Crippen LogP contribution in [0.2, 0.25) is 0 Å². The molecule has 0 saturated carbocycles. The van der Waals surface area contributed by atoms with E-state index in [4.69, 9.17) is 5.11 Å². The number of pyridine rings is 1. The molecule has 72 valence electrons. The van der Waals surface area contributed by atoms with Gasteiger partial charge in [0.15, 0.2) is 5.82 Å². The van der Waals surface area contributed by atoms with Gasteiger partial charge in [0.25, 0.3) is 5.56 Å². The number of hydrogen-bond donors (Lipinski definition) is 2. The summed E-state index contributed by atoms with van der Waals surface area (Å²) in [6.07, 6.45) is 3.09. The number of nitrogens with zero attached hydrogens (tertiary/aromatic N) is 2. The largest absolute Gasteiger partial charge is 0.392 e. The summed E-state index contributed by atoms with van der Waals surface area (Å²) >= 11 is 0. The fraction of sp³-hybridized carbons (Fsp3) is 0.111. The number of aromatic nitrogens is 3. The van der Waals surface area contributed by atoms with Crippen molar-refractivity contribution in [3.05, 3.63) is 46.5 Å². The van der Waals surface area contributed by atoms with Gasteiger partial charge in [-0.3, -0.25) is 9.89 Å². The van der Waals surface area contributed by atoms with Crippen LogP contribution in [0.15, 0.2) is 35.4 Å². The third-order valence-corrected chi connectivity index (χ3v) is 1.87. The maximum absolute atomic E-state index is 11.2. The van der Waals surface area contributed by atoms with Crippen LogP contribution in [-0.4, -0.2) is 19.9 Å². The maximum atomic E-state index is 11.2. The van der Waals surface area contributed by atoms with E-state index in [0.717, 1.165) is 5.56 Å². The highest BCUT2D eigenvalue weighted by molar-refractivity contribution is 5.26. The van der Waals surface area contributed by atoms with Gasteiger partial charge >= 0.3 is 0 Å². The van der Waals surface area contributed by atoms with Crippen LogP contribution in [0, 0.1) is 0 Å². The zero-order chi connectivity index (χ0) is 9.97. The van der Waals surface area contributed by atoms with E-state index in [2.05, 4.69) is 10.1 Å². The van der Waals surface area contributed by atoms with Crippen LogP contribution in [0.3, 0.4) is 0 Å². The van der Waals surface area contributed by atoms with Gasteiger partial charge in [0.1, 0.15) is 0 Å². The van der Waals surface area contributed by atoms with Crippen LogP contribution in [0.25, 0.3) is 5.82 Å². The van der Waals surface area contributed by atoms with Crippen molar-refractivity contribution < 1.29 is 5.11 Å². The third kappa shape index (κ3) is 1.45. The van der Waals surface area contributed by atoms with Gasteiger partial charge in [0, 0.05) is 18.5 Å². The summed E-state index contributed by atoms with van der Waals surface area (Å²) < 4.78 is 1.30. The SMILES string of the molecule is O=c1cc[nH]n1-c1cc(CO)ccn1. The van der Waals surface area contributed by atoms with E-state index in [-0.39, 0.29) is 12.2 Å². The Balaban J connectivity index is 2.52. The normalized spacial score (nSPS) is 10.4. The Morgan fingerprint density at radius 1 is 1.50 bits per heavy atom. The van der Waals surface area contributed by atoms with Gasteiger partial charge in [-0.05, 0) is 17.7 Å². The smallest absolute Gasteiger partial charge is 0.272 e. The number of H-pyrrole nitrogens is 1. The number of aliphatic hydroxyl groups is 1. The summed E-state index contributed by atoms with van der Waals surface area (Å²) in [5.74, 6) is 0.478. The molecule has 0 unspecified atom stereocenters.